The van der Waals surface area contributed by atoms with E-state index in [4.69, 9.17) is 5.11 Å². The zero-order chi connectivity index (χ0) is 14.3. The van der Waals surface area contributed by atoms with Gasteiger partial charge in [-0.2, -0.15) is 0 Å². The van der Waals surface area contributed by atoms with Crippen LogP contribution < -0.4 is 5.32 Å². The zero-order valence-corrected chi connectivity index (χ0v) is 11.3. The van der Waals surface area contributed by atoms with Gasteiger partial charge in [-0.15, -0.1) is 0 Å². The molecule has 0 heterocycles. The Hall–Kier alpha value is -1.88. The predicted molar refractivity (Wildman–Crippen MR) is 73.0 cm³/mol. The molecule has 5 heteroatoms. The van der Waals surface area contributed by atoms with Crippen molar-refractivity contribution in [2.45, 2.75) is 19.9 Å². The third kappa shape index (κ3) is 4.71. The fraction of sp³-hybridized carbons (Fsp3) is 0.429. The maximum atomic E-state index is 11.4. The third-order valence-corrected chi connectivity index (χ3v) is 2.83. The van der Waals surface area contributed by atoms with Crippen LogP contribution in [0.15, 0.2) is 24.3 Å². The highest BCUT2D eigenvalue weighted by Crippen LogP contribution is 2.12. The smallest absolute Gasteiger partial charge is 0.336 e. The van der Waals surface area contributed by atoms with Crippen molar-refractivity contribution in [3.05, 3.63) is 35.4 Å². The van der Waals surface area contributed by atoms with Gasteiger partial charge < -0.3 is 10.4 Å². The molecule has 0 aliphatic carbocycles. The molecule has 1 amide bonds. The summed E-state index contributed by atoms with van der Waals surface area (Å²) in [6.45, 7) is 3.52. The average Bonchev–Trinajstić information content (AvgIpc) is 2.39. The standard InChI is InChI=1S/C14H20N2O3/c1-3-8-16(10-13(17)15-2)9-11-6-4-5-7-12(11)14(18)19/h4-7H,3,8-10H2,1-2H3,(H,15,17)(H,18,19). The molecule has 2 N–H and O–H groups in total. The van der Waals surface area contributed by atoms with Crippen LogP contribution in [-0.2, 0) is 11.3 Å². The number of carbonyl (C=O) groups is 2. The molecular weight excluding hydrogens is 244 g/mol. The van der Waals surface area contributed by atoms with E-state index in [0.29, 0.717) is 12.1 Å². The van der Waals surface area contributed by atoms with Crippen LogP contribution in [0.2, 0.25) is 0 Å². The molecule has 1 aromatic rings. The normalized spacial score (nSPS) is 10.5. The van der Waals surface area contributed by atoms with E-state index in [9.17, 15) is 9.59 Å². The summed E-state index contributed by atoms with van der Waals surface area (Å²) in [5.41, 5.74) is 1.02. The first kappa shape index (κ1) is 15.2. The largest absolute Gasteiger partial charge is 0.478 e. The summed E-state index contributed by atoms with van der Waals surface area (Å²) < 4.78 is 0. The first-order chi connectivity index (χ1) is 9.08. The van der Waals surface area contributed by atoms with Crippen LogP contribution in [0.5, 0.6) is 0 Å². The summed E-state index contributed by atoms with van der Waals surface area (Å²) in [6.07, 6.45) is 0.909. The molecule has 0 fully saturated rings. The molecule has 0 radical (unpaired) electrons. The number of likely N-dealkylation sites (N-methyl/N-ethyl adjacent to an activating group) is 1. The number of carboxylic acids is 1. The van der Waals surface area contributed by atoms with Gasteiger partial charge in [0.2, 0.25) is 5.91 Å². The van der Waals surface area contributed by atoms with Crippen molar-refractivity contribution in [2.24, 2.45) is 0 Å². The number of nitrogens with zero attached hydrogens (tertiary/aromatic N) is 1. The number of nitrogens with one attached hydrogen (secondary N) is 1. The molecule has 0 aromatic heterocycles. The number of carbonyl (C=O) groups excluding carboxylic acids is 1. The molecule has 0 bridgehead atoms. The van der Waals surface area contributed by atoms with E-state index in [0.717, 1.165) is 18.5 Å². The number of carboxylic acid groups (broad SMARTS) is 1. The van der Waals surface area contributed by atoms with Gasteiger partial charge in [0.1, 0.15) is 0 Å². The summed E-state index contributed by atoms with van der Waals surface area (Å²) in [7, 11) is 1.59. The van der Waals surface area contributed by atoms with E-state index in [1.807, 2.05) is 17.9 Å². The second-order valence-corrected chi connectivity index (χ2v) is 4.35. The second kappa shape index (κ2) is 7.53. The Kier molecular flexibility index (Phi) is 6.02. The number of amides is 1. The van der Waals surface area contributed by atoms with Crippen molar-refractivity contribution < 1.29 is 14.7 Å². The maximum absolute atomic E-state index is 11.4. The number of hydrogen-bond acceptors (Lipinski definition) is 3. The predicted octanol–water partition coefficient (Wildman–Crippen LogP) is 1.34. The van der Waals surface area contributed by atoms with Gasteiger partial charge in [0, 0.05) is 13.6 Å². The van der Waals surface area contributed by atoms with Crippen LogP contribution in [0.4, 0.5) is 0 Å². The molecule has 1 aromatic carbocycles. The van der Waals surface area contributed by atoms with E-state index >= 15 is 0 Å². The summed E-state index contributed by atoms with van der Waals surface area (Å²) in [5.74, 6) is -1.01. The van der Waals surface area contributed by atoms with Crippen molar-refractivity contribution in [2.75, 3.05) is 20.1 Å². The third-order valence-electron chi connectivity index (χ3n) is 2.83. The lowest BCUT2D eigenvalue weighted by atomic mass is 10.1. The Labute approximate surface area is 113 Å². The van der Waals surface area contributed by atoms with Gasteiger partial charge >= 0.3 is 5.97 Å². The second-order valence-electron chi connectivity index (χ2n) is 4.35. The number of hydrogen-bond donors (Lipinski definition) is 2. The monoisotopic (exact) mass is 264 g/mol. The molecule has 0 aliphatic rings. The highest BCUT2D eigenvalue weighted by molar-refractivity contribution is 5.89. The van der Waals surface area contributed by atoms with Crippen LogP contribution in [0.3, 0.4) is 0 Å². The molecule has 0 saturated heterocycles. The minimum atomic E-state index is -0.938. The van der Waals surface area contributed by atoms with Crippen molar-refractivity contribution in [1.29, 1.82) is 0 Å². The Bertz CT molecular complexity index is 446. The topological polar surface area (TPSA) is 69.6 Å². The van der Waals surface area contributed by atoms with Crippen molar-refractivity contribution in [1.82, 2.24) is 10.2 Å². The Morgan fingerprint density at radius 2 is 2.00 bits per heavy atom. The highest BCUT2D eigenvalue weighted by Gasteiger charge is 2.14. The molecule has 104 valence electrons. The highest BCUT2D eigenvalue weighted by atomic mass is 16.4. The van der Waals surface area contributed by atoms with Crippen molar-refractivity contribution >= 4 is 11.9 Å². The quantitative estimate of drug-likeness (QED) is 0.780. The van der Waals surface area contributed by atoms with Gasteiger partial charge in [0.15, 0.2) is 0 Å². The molecule has 0 atom stereocenters. The Morgan fingerprint density at radius 3 is 2.58 bits per heavy atom. The fourth-order valence-electron chi connectivity index (χ4n) is 1.92. The minimum absolute atomic E-state index is 0.0683. The van der Waals surface area contributed by atoms with E-state index in [2.05, 4.69) is 5.32 Å². The summed E-state index contributed by atoms with van der Waals surface area (Å²) in [6, 6.07) is 6.89. The summed E-state index contributed by atoms with van der Waals surface area (Å²) in [5, 5.41) is 11.7. The van der Waals surface area contributed by atoms with Crippen LogP contribution >= 0.6 is 0 Å². The zero-order valence-electron chi connectivity index (χ0n) is 11.3. The van der Waals surface area contributed by atoms with E-state index in [-0.39, 0.29) is 12.5 Å². The lowest BCUT2D eigenvalue weighted by molar-refractivity contribution is -0.121. The number of rotatable bonds is 7. The van der Waals surface area contributed by atoms with Gasteiger partial charge in [0.05, 0.1) is 12.1 Å². The van der Waals surface area contributed by atoms with E-state index in [1.54, 1.807) is 25.2 Å². The molecule has 0 aliphatic heterocycles. The van der Waals surface area contributed by atoms with Gasteiger partial charge in [0.25, 0.3) is 0 Å². The molecule has 1 rings (SSSR count). The van der Waals surface area contributed by atoms with Gasteiger partial charge in [-0.1, -0.05) is 25.1 Å². The molecule has 19 heavy (non-hydrogen) atoms. The molecule has 5 nitrogen and oxygen atoms in total. The Morgan fingerprint density at radius 1 is 1.32 bits per heavy atom. The first-order valence-corrected chi connectivity index (χ1v) is 6.32. The average molecular weight is 264 g/mol. The van der Waals surface area contributed by atoms with Crippen molar-refractivity contribution in [3.63, 3.8) is 0 Å². The molecule has 0 spiro atoms. The van der Waals surface area contributed by atoms with Gasteiger partial charge in [-0.05, 0) is 24.6 Å². The molecule has 0 saturated carbocycles. The number of benzene rings is 1. The van der Waals surface area contributed by atoms with Crippen LogP contribution in [0.25, 0.3) is 0 Å². The summed E-state index contributed by atoms with van der Waals surface area (Å²) in [4.78, 5) is 24.5. The van der Waals surface area contributed by atoms with Gasteiger partial charge in [-0.3, -0.25) is 9.69 Å². The summed E-state index contributed by atoms with van der Waals surface area (Å²) >= 11 is 0. The van der Waals surface area contributed by atoms with Crippen LogP contribution in [0, 0.1) is 0 Å². The maximum Gasteiger partial charge on any atom is 0.336 e. The Balaban J connectivity index is 2.84. The molecule has 0 unspecified atom stereocenters. The first-order valence-electron chi connectivity index (χ1n) is 6.32. The lowest BCUT2D eigenvalue weighted by Crippen LogP contribution is -2.36. The van der Waals surface area contributed by atoms with E-state index in [1.165, 1.54) is 0 Å². The fourth-order valence-corrected chi connectivity index (χ4v) is 1.92. The minimum Gasteiger partial charge on any atom is -0.478 e. The SMILES string of the molecule is CCCN(CC(=O)NC)Cc1ccccc1C(=O)O. The van der Waals surface area contributed by atoms with Crippen LogP contribution in [-0.4, -0.2) is 42.0 Å². The molecular formula is C14H20N2O3. The lowest BCUT2D eigenvalue weighted by Gasteiger charge is -2.21. The van der Waals surface area contributed by atoms with Crippen LogP contribution in [0.1, 0.15) is 29.3 Å². The van der Waals surface area contributed by atoms with Crippen molar-refractivity contribution in [3.8, 4) is 0 Å². The van der Waals surface area contributed by atoms with E-state index < -0.39 is 5.97 Å². The number of aromatic carboxylic acids is 1. The van der Waals surface area contributed by atoms with Gasteiger partial charge in [-0.25, -0.2) is 4.79 Å².